The van der Waals surface area contributed by atoms with E-state index in [0.717, 1.165) is 31.7 Å². The summed E-state index contributed by atoms with van der Waals surface area (Å²) in [6.45, 7) is 7.11. The maximum atomic E-state index is 10.8. The molecule has 1 N–H and O–H groups in total. The number of carboxylic acids is 1. The maximum absolute atomic E-state index is 10.8. The molecule has 1 aliphatic heterocycles. The Kier molecular flexibility index (Phi) is 4.93. The number of aryl methyl sites for hydroxylation is 1. The molecular formula is C14H22N2O2S. The van der Waals surface area contributed by atoms with E-state index in [0.29, 0.717) is 5.92 Å². The van der Waals surface area contributed by atoms with Crippen LogP contribution >= 0.6 is 11.3 Å². The van der Waals surface area contributed by atoms with Gasteiger partial charge < -0.3 is 5.11 Å². The fraction of sp³-hybridized carbons (Fsp3) is 0.714. The average Bonchev–Trinajstić information content (AvgIpc) is 2.74. The summed E-state index contributed by atoms with van der Waals surface area (Å²) in [6, 6.07) is 0. The second-order valence-electron chi connectivity index (χ2n) is 5.60. The first-order chi connectivity index (χ1) is 9.04. The minimum atomic E-state index is -0.680. The van der Waals surface area contributed by atoms with Gasteiger partial charge in [-0.05, 0) is 38.1 Å². The molecule has 2 unspecified atom stereocenters. The van der Waals surface area contributed by atoms with E-state index in [1.165, 1.54) is 11.4 Å². The SMILES string of the molecule is Cc1csc(CN2CCCC(C(C)CC(=O)O)C2)n1. The number of aliphatic carboxylic acids is 1. The Bertz CT molecular complexity index is 433. The molecule has 0 aromatic carbocycles. The lowest BCUT2D eigenvalue weighted by Gasteiger charge is -2.35. The number of thiazole rings is 1. The van der Waals surface area contributed by atoms with E-state index >= 15 is 0 Å². The summed E-state index contributed by atoms with van der Waals surface area (Å²) in [5, 5.41) is 12.2. The van der Waals surface area contributed by atoms with Gasteiger partial charge in [0.15, 0.2) is 0 Å². The van der Waals surface area contributed by atoms with Gasteiger partial charge in [-0.15, -0.1) is 11.3 Å². The highest BCUT2D eigenvalue weighted by molar-refractivity contribution is 7.09. The summed E-state index contributed by atoms with van der Waals surface area (Å²) in [6.07, 6.45) is 2.61. The van der Waals surface area contributed by atoms with Gasteiger partial charge in [-0.25, -0.2) is 4.98 Å². The number of rotatable bonds is 5. The molecule has 0 radical (unpaired) electrons. The van der Waals surface area contributed by atoms with Gasteiger partial charge in [0, 0.05) is 24.0 Å². The number of hydrogen-bond donors (Lipinski definition) is 1. The minimum absolute atomic E-state index is 0.262. The molecular weight excluding hydrogens is 260 g/mol. The molecule has 2 heterocycles. The van der Waals surface area contributed by atoms with Crippen LogP contribution in [0.25, 0.3) is 0 Å². The van der Waals surface area contributed by atoms with Crippen molar-refractivity contribution < 1.29 is 9.90 Å². The molecule has 0 bridgehead atoms. The topological polar surface area (TPSA) is 53.4 Å². The highest BCUT2D eigenvalue weighted by atomic mass is 32.1. The third kappa shape index (κ3) is 4.28. The zero-order valence-corrected chi connectivity index (χ0v) is 12.4. The Balaban J connectivity index is 1.88. The summed E-state index contributed by atoms with van der Waals surface area (Å²) in [7, 11) is 0. The standard InChI is InChI=1S/C14H22N2O2S/c1-10(6-14(17)18)12-4-3-5-16(7-12)8-13-15-11(2)9-19-13/h9-10,12H,3-8H2,1-2H3,(H,17,18). The van der Waals surface area contributed by atoms with Crippen LogP contribution in [0.5, 0.6) is 0 Å². The lowest BCUT2D eigenvalue weighted by atomic mass is 9.85. The van der Waals surface area contributed by atoms with E-state index in [9.17, 15) is 4.79 Å². The smallest absolute Gasteiger partial charge is 0.303 e. The summed E-state index contributed by atoms with van der Waals surface area (Å²) < 4.78 is 0. The van der Waals surface area contributed by atoms with Crippen LogP contribution in [0.15, 0.2) is 5.38 Å². The molecule has 106 valence electrons. The molecule has 0 aliphatic carbocycles. The number of nitrogens with zero attached hydrogens (tertiary/aromatic N) is 2. The Morgan fingerprint density at radius 2 is 2.47 bits per heavy atom. The highest BCUT2D eigenvalue weighted by Gasteiger charge is 2.26. The zero-order valence-electron chi connectivity index (χ0n) is 11.6. The molecule has 1 aliphatic rings. The first-order valence-corrected chi connectivity index (χ1v) is 7.77. The molecule has 1 aromatic heterocycles. The van der Waals surface area contributed by atoms with Crippen molar-refractivity contribution in [1.29, 1.82) is 0 Å². The predicted molar refractivity (Wildman–Crippen MR) is 76.3 cm³/mol. The summed E-state index contributed by atoms with van der Waals surface area (Å²) in [5.74, 6) is 0.0874. The Labute approximate surface area is 118 Å². The molecule has 5 heteroatoms. The van der Waals surface area contributed by atoms with E-state index in [1.54, 1.807) is 11.3 Å². The van der Waals surface area contributed by atoms with Crippen molar-refractivity contribution in [2.24, 2.45) is 11.8 Å². The van der Waals surface area contributed by atoms with Crippen molar-refractivity contribution in [3.8, 4) is 0 Å². The number of carbonyl (C=O) groups is 1. The number of aromatic nitrogens is 1. The first kappa shape index (κ1) is 14.5. The Hall–Kier alpha value is -0.940. The molecule has 19 heavy (non-hydrogen) atoms. The number of carboxylic acid groups (broad SMARTS) is 1. The summed E-state index contributed by atoms with van der Waals surface area (Å²) in [4.78, 5) is 17.7. The lowest BCUT2D eigenvalue weighted by molar-refractivity contribution is -0.138. The number of hydrogen-bond acceptors (Lipinski definition) is 4. The van der Waals surface area contributed by atoms with E-state index in [4.69, 9.17) is 5.11 Å². The third-order valence-corrected chi connectivity index (χ3v) is 4.82. The molecule has 2 atom stereocenters. The second-order valence-corrected chi connectivity index (χ2v) is 6.54. The Morgan fingerprint density at radius 1 is 1.68 bits per heavy atom. The van der Waals surface area contributed by atoms with E-state index in [1.807, 2.05) is 6.92 Å². The van der Waals surface area contributed by atoms with Crippen molar-refractivity contribution in [2.45, 2.75) is 39.7 Å². The quantitative estimate of drug-likeness (QED) is 0.902. The van der Waals surface area contributed by atoms with Gasteiger partial charge in [-0.3, -0.25) is 9.69 Å². The minimum Gasteiger partial charge on any atom is -0.481 e. The molecule has 2 rings (SSSR count). The largest absolute Gasteiger partial charge is 0.481 e. The van der Waals surface area contributed by atoms with Crippen molar-refractivity contribution in [3.63, 3.8) is 0 Å². The van der Waals surface area contributed by atoms with Gasteiger partial charge in [0.1, 0.15) is 5.01 Å². The van der Waals surface area contributed by atoms with Crippen molar-refractivity contribution in [1.82, 2.24) is 9.88 Å². The predicted octanol–water partition coefficient (Wildman–Crippen LogP) is 2.77. The van der Waals surface area contributed by atoms with Crippen LogP contribution in [0.1, 0.15) is 36.9 Å². The van der Waals surface area contributed by atoms with Gasteiger partial charge in [-0.1, -0.05) is 6.92 Å². The molecule has 1 fully saturated rings. The second kappa shape index (κ2) is 6.48. The summed E-state index contributed by atoms with van der Waals surface area (Å²) >= 11 is 1.72. The van der Waals surface area contributed by atoms with Gasteiger partial charge in [0.25, 0.3) is 0 Å². The fourth-order valence-corrected chi connectivity index (χ4v) is 3.62. The third-order valence-electron chi connectivity index (χ3n) is 3.87. The average molecular weight is 282 g/mol. The van der Waals surface area contributed by atoms with Crippen LogP contribution in [0.4, 0.5) is 0 Å². The maximum Gasteiger partial charge on any atom is 0.303 e. The van der Waals surface area contributed by atoms with Crippen LogP contribution in [0.2, 0.25) is 0 Å². The molecule has 1 saturated heterocycles. The van der Waals surface area contributed by atoms with Gasteiger partial charge in [0.05, 0.1) is 6.54 Å². The normalized spacial score (nSPS) is 22.3. The zero-order chi connectivity index (χ0) is 13.8. The molecule has 0 saturated carbocycles. The van der Waals surface area contributed by atoms with Gasteiger partial charge in [0.2, 0.25) is 0 Å². The Morgan fingerprint density at radius 3 is 3.11 bits per heavy atom. The number of piperidine rings is 1. The van der Waals surface area contributed by atoms with Crippen LogP contribution < -0.4 is 0 Å². The molecule has 4 nitrogen and oxygen atoms in total. The van der Waals surface area contributed by atoms with E-state index in [-0.39, 0.29) is 12.3 Å². The molecule has 0 amide bonds. The van der Waals surface area contributed by atoms with Crippen LogP contribution in [-0.4, -0.2) is 34.0 Å². The van der Waals surface area contributed by atoms with Gasteiger partial charge >= 0.3 is 5.97 Å². The molecule has 0 spiro atoms. The molecule has 1 aromatic rings. The van der Waals surface area contributed by atoms with Crippen molar-refractivity contribution >= 4 is 17.3 Å². The van der Waals surface area contributed by atoms with Crippen LogP contribution in [0, 0.1) is 18.8 Å². The fourth-order valence-electron chi connectivity index (χ4n) is 2.81. The monoisotopic (exact) mass is 282 g/mol. The van der Waals surface area contributed by atoms with E-state index < -0.39 is 5.97 Å². The highest BCUT2D eigenvalue weighted by Crippen LogP contribution is 2.27. The number of likely N-dealkylation sites (tertiary alicyclic amines) is 1. The van der Waals surface area contributed by atoms with Crippen molar-refractivity contribution in [2.75, 3.05) is 13.1 Å². The summed E-state index contributed by atoms with van der Waals surface area (Å²) in [5.41, 5.74) is 1.09. The lowest BCUT2D eigenvalue weighted by Crippen LogP contribution is -2.37. The van der Waals surface area contributed by atoms with Crippen LogP contribution in [-0.2, 0) is 11.3 Å². The van der Waals surface area contributed by atoms with Crippen molar-refractivity contribution in [3.05, 3.63) is 16.1 Å². The van der Waals surface area contributed by atoms with Gasteiger partial charge in [-0.2, -0.15) is 0 Å². The van der Waals surface area contributed by atoms with E-state index in [2.05, 4.69) is 22.2 Å². The van der Waals surface area contributed by atoms with Crippen LogP contribution in [0.3, 0.4) is 0 Å². The first-order valence-electron chi connectivity index (χ1n) is 6.89.